The Labute approximate surface area is 117 Å². The van der Waals surface area contributed by atoms with Crippen LogP contribution in [0.2, 0.25) is 0 Å². The Morgan fingerprint density at radius 2 is 2.25 bits per heavy atom. The second-order valence-electron chi connectivity index (χ2n) is 5.25. The fraction of sp³-hybridized carbons (Fsp3) is 0.333. The number of hydrogen-bond acceptors (Lipinski definition) is 4. The number of nitrogens with one attached hydrogen (secondary N) is 1. The molecule has 2 atom stereocenters. The van der Waals surface area contributed by atoms with Gasteiger partial charge in [0, 0.05) is 11.9 Å². The third-order valence-corrected chi connectivity index (χ3v) is 3.69. The second-order valence-corrected chi connectivity index (χ2v) is 5.25. The predicted molar refractivity (Wildman–Crippen MR) is 77.4 cm³/mol. The summed E-state index contributed by atoms with van der Waals surface area (Å²) in [6.45, 7) is 0.536. The maximum atomic E-state index is 12.2. The largest absolute Gasteiger partial charge is 0.392 e. The Balaban J connectivity index is 1.77. The highest BCUT2D eigenvalue weighted by atomic mass is 16.3. The first kappa shape index (κ1) is 13.0. The SMILES string of the molecule is CN1C[C@@H](O)C[C@H]1C(=O)Nc1cnc2ccccc2c1. The smallest absolute Gasteiger partial charge is 0.241 e. The molecule has 1 aliphatic heterocycles. The van der Waals surface area contributed by atoms with Crippen molar-refractivity contribution in [2.45, 2.75) is 18.6 Å². The molecule has 1 aromatic heterocycles. The quantitative estimate of drug-likeness (QED) is 0.862. The highest BCUT2D eigenvalue weighted by Crippen LogP contribution is 2.19. The van der Waals surface area contributed by atoms with Crippen molar-refractivity contribution in [3.8, 4) is 0 Å². The minimum Gasteiger partial charge on any atom is -0.392 e. The molecule has 1 aromatic carbocycles. The van der Waals surface area contributed by atoms with E-state index in [9.17, 15) is 9.90 Å². The monoisotopic (exact) mass is 271 g/mol. The normalized spacial score (nSPS) is 23.1. The highest BCUT2D eigenvalue weighted by Gasteiger charge is 2.33. The third kappa shape index (κ3) is 2.50. The first-order valence-corrected chi connectivity index (χ1v) is 6.67. The molecule has 2 N–H and O–H groups in total. The Bertz CT molecular complexity index is 644. The number of pyridine rings is 1. The molecule has 5 nitrogen and oxygen atoms in total. The number of amides is 1. The number of hydrogen-bond donors (Lipinski definition) is 2. The van der Waals surface area contributed by atoms with Gasteiger partial charge in [-0.2, -0.15) is 0 Å². The van der Waals surface area contributed by atoms with E-state index in [0.29, 0.717) is 18.7 Å². The number of anilines is 1. The fourth-order valence-electron chi connectivity index (χ4n) is 2.64. The molecule has 0 unspecified atom stereocenters. The van der Waals surface area contributed by atoms with Gasteiger partial charge in [-0.1, -0.05) is 18.2 Å². The van der Waals surface area contributed by atoms with Gasteiger partial charge in [0.1, 0.15) is 0 Å². The van der Waals surface area contributed by atoms with E-state index >= 15 is 0 Å². The van der Waals surface area contributed by atoms with Crippen molar-refractivity contribution >= 4 is 22.5 Å². The molecule has 104 valence electrons. The summed E-state index contributed by atoms with van der Waals surface area (Å²) in [7, 11) is 1.85. The number of aliphatic hydroxyl groups excluding tert-OH is 1. The number of aliphatic hydroxyl groups is 1. The van der Waals surface area contributed by atoms with E-state index in [1.54, 1.807) is 6.20 Å². The van der Waals surface area contributed by atoms with Crippen molar-refractivity contribution in [1.29, 1.82) is 0 Å². The lowest BCUT2D eigenvalue weighted by atomic mass is 10.1. The van der Waals surface area contributed by atoms with Crippen LogP contribution in [0.4, 0.5) is 5.69 Å². The van der Waals surface area contributed by atoms with Gasteiger partial charge in [-0.05, 0) is 25.6 Å². The third-order valence-electron chi connectivity index (χ3n) is 3.69. The van der Waals surface area contributed by atoms with Crippen molar-refractivity contribution in [3.63, 3.8) is 0 Å². The Morgan fingerprint density at radius 3 is 3.00 bits per heavy atom. The van der Waals surface area contributed by atoms with E-state index in [2.05, 4.69) is 10.3 Å². The number of benzene rings is 1. The average molecular weight is 271 g/mol. The van der Waals surface area contributed by atoms with Crippen LogP contribution in [0.15, 0.2) is 36.5 Å². The minimum absolute atomic E-state index is 0.0962. The number of β-amino-alcohol motifs (C(OH)–C–C–N with tert-alkyl or cyclic N) is 1. The predicted octanol–water partition coefficient (Wildman–Crippen LogP) is 1.24. The molecule has 0 spiro atoms. The van der Waals surface area contributed by atoms with Gasteiger partial charge in [0.05, 0.1) is 29.5 Å². The highest BCUT2D eigenvalue weighted by molar-refractivity contribution is 5.96. The lowest BCUT2D eigenvalue weighted by Gasteiger charge is -2.18. The Morgan fingerprint density at radius 1 is 1.45 bits per heavy atom. The van der Waals surface area contributed by atoms with Gasteiger partial charge in [-0.25, -0.2) is 0 Å². The maximum absolute atomic E-state index is 12.2. The van der Waals surface area contributed by atoms with Crippen LogP contribution in [0.3, 0.4) is 0 Å². The molecule has 5 heteroatoms. The number of aromatic nitrogens is 1. The van der Waals surface area contributed by atoms with E-state index < -0.39 is 6.10 Å². The Hall–Kier alpha value is -1.98. The van der Waals surface area contributed by atoms with E-state index in [0.717, 1.165) is 10.9 Å². The van der Waals surface area contributed by atoms with Crippen molar-refractivity contribution in [2.24, 2.45) is 0 Å². The number of nitrogens with zero attached hydrogens (tertiary/aromatic N) is 2. The van der Waals surface area contributed by atoms with Gasteiger partial charge in [0.2, 0.25) is 5.91 Å². The zero-order valence-electron chi connectivity index (χ0n) is 11.3. The molecule has 2 heterocycles. The van der Waals surface area contributed by atoms with E-state index in [1.165, 1.54) is 0 Å². The summed E-state index contributed by atoms with van der Waals surface area (Å²) in [4.78, 5) is 18.4. The standard InChI is InChI=1S/C15H17N3O2/c1-18-9-12(19)7-14(18)15(20)17-11-6-10-4-2-3-5-13(10)16-8-11/h2-6,8,12,14,19H,7,9H2,1H3,(H,17,20)/t12-,14-/m0/s1. The van der Waals surface area contributed by atoms with Crippen molar-refractivity contribution in [3.05, 3.63) is 36.5 Å². The van der Waals surface area contributed by atoms with Gasteiger partial charge in [0.25, 0.3) is 0 Å². The van der Waals surface area contributed by atoms with Crippen LogP contribution in [-0.2, 0) is 4.79 Å². The molecule has 0 bridgehead atoms. The number of likely N-dealkylation sites (tertiary alicyclic amines) is 1. The van der Waals surface area contributed by atoms with Gasteiger partial charge in [-0.3, -0.25) is 14.7 Å². The summed E-state index contributed by atoms with van der Waals surface area (Å²) in [5, 5.41) is 13.5. The second kappa shape index (κ2) is 5.19. The summed E-state index contributed by atoms with van der Waals surface area (Å²) >= 11 is 0. The molecule has 3 rings (SSSR count). The van der Waals surface area contributed by atoms with Crippen LogP contribution in [0, 0.1) is 0 Å². The van der Waals surface area contributed by atoms with Gasteiger partial charge < -0.3 is 10.4 Å². The number of para-hydroxylation sites is 1. The van der Waals surface area contributed by atoms with Crippen LogP contribution < -0.4 is 5.32 Å². The molecule has 0 aliphatic carbocycles. The van der Waals surface area contributed by atoms with Crippen LogP contribution in [0.1, 0.15) is 6.42 Å². The van der Waals surface area contributed by atoms with Crippen molar-refractivity contribution < 1.29 is 9.90 Å². The summed E-state index contributed by atoms with van der Waals surface area (Å²) in [5.41, 5.74) is 1.59. The number of carbonyl (C=O) groups excluding carboxylic acids is 1. The topological polar surface area (TPSA) is 65.5 Å². The van der Waals surface area contributed by atoms with E-state index in [1.807, 2.05) is 42.3 Å². The Kier molecular flexibility index (Phi) is 3.38. The molecular weight excluding hydrogens is 254 g/mol. The molecule has 1 aliphatic rings. The summed E-state index contributed by atoms with van der Waals surface area (Å²) in [5.74, 6) is -0.0962. The lowest BCUT2D eigenvalue weighted by Crippen LogP contribution is -2.37. The van der Waals surface area contributed by atoms with Gasteiger partial charge in [-0.15, -0.1) is 0 Å². The molecule has 1 saturated heterocycles. The first-order chi connectivity index (χ1) is 9.63. The van der Waals surface area contributed by atoms with Crippen molar-refractivity contribution in [1.82, 2.24) is 9.88 Å². The lowest BCUT2D eigenvalue weighted by molar-refractivity contribution is -0.120. The van der Waals surface area contributed by atoms with E-state index in [4.69, 9.17) is 0 Å². The van der Waals surface area contributed by atoms with Crippen LogP contribution in [-0.4, -0.2) is 46.6 Å². The van der Waals surface area contributed by atoms with Crippen LogP contribution >= 0.6 is 0 Å². The summed E-state index contributed by atoms with van der Waals surface area (Å²) in [6, 6.07) is 9.40. The number of fused-ring (bicyclic) bond motifs is 1. The molecule has 1 amide bonds. The summed E-state index contributed by atoms with van der Waals surface area (Å²) in [6.07, 6.45) is 1.71. The fourth-order valence-corrected chi connectivity index (χ4v) is 2.64. The van der Waals surface area contributed by atoms with Crippen molar-refractivity contribution in [2.75, 3.05) is 18.9 Å². The first-order valence-electron chi connectivity index (χ1n) is 6.67. The molecule has 0 saturated carbocycles. The molecule has 20 heavy (non-hydrogen) atoms. The van der Waals surface area contributed by atoms with Gasteiger partial charge >= 0.3 is 0 Å². The zero-order chi connectivity index (χ0) is 14.1. The minimum atomic E-state index is -0.425. The molecule has 0 radical (unpaired) electrons. The maximum Gasteiger partial charge on any atom is 0.241 e. The average Bonchev–Trinajstić information content (AvgIpc) is 2.78. The van der Waals surface area contributed by atoms with Crippen LogP contribution in [0.25, 0.3) is 10.9 Å². The molecule has 2 aromatic rings. The molecule has 1 fully saturated rings. The number of likely N-dealkylation sites (N-methyl/N-ethyl adjacent to an activating group) is 1. The zero-order valence-corrected chi connectivity index (χ0v) is 11.3. The van der Waals surface area contributed by atoms with E-state index in [-0.39, 0.29) is 11.9 Å². The number of carbonyl (C=O) groups is 1. The molecular formula is C15H17N3O2. The van der Waals surface area contributed by atoms with Gasteiger partial charge in [0.15, 0.2) is 0 Å². The summed E-state index contributed by atoms with van der Waals surface area (Å²) < 4.78 is 0. The van der Waals surface area contributed by atoms with Crippen LogP contribution in [0.5, 0.6) is 0 Å². The number of rotatable bonds is 2.